The third kappa shape index (κ3) is 3.25. The molecule has 0 aliphatic rings. The van der Waals surface area contributed by atoms with E-state index in [1.54, 1.807) is 18.4 Å². The molecule has 0 spiro atoms. The van der Waals surface area contributed by atoms with Gasteiger partial charge in [-0.2, -0.15) is 0 Å². The van der Waals surface area contributed by atoms with E-state index in [1.807, 2.05) is 30.3 Å². The average molecular weight is 390 g/mol. The van der Waals surface area contributed by atoms with Crippen LogP contribution in [-0.2, 0) is 20.6 Å². The number of hydrogen-bond acceptors (Lipinski definition) is 5. The van der Waals surface area contributed by atoms with Crippen LogP contribution < -0.4 is 16.1 Å². The quantitative estimate of drug-likeness (QED) is 0.532. The number of rotatable bonds is 4. The Morgan fingerprint density at radius 3 is 2.45 bits per heavy atom. The summed E-state index contributed by atoms with van der Waals surface area (Å²) in [4.78, 5) is 43.8. The van der Waals surface area contributed by atoms with Crippen molar-refractivity contribution >= 4 is 22.6 Å². The maximum atomic E-state index is 13.3. The summed E-state index contributed by atoms with van der Waals surface area (Å²) in [6.45, 7) is 0.213. The summed E-state index contributed by atoms with van der Waals surface area (Å²) in [7, 11) is 2.92. The van der Waals surface area contributed by atoms with E-state index >= 15 is 0 Å². The average Bonchev–Trinajstić information content (AvgIpc) is 3.27. The first-order chi connectivity index (χ1) is 14.0. The third-order valence-corrected chi connectivity index (χ3v) is 4.73. The number of hydrogen-bond donors (Lipinski definition) is 0. The van der Waals surface area contributed by atoms with E-state index < -0.39 is 11.2 Å². The van der Waals surface area contributed by atoms with Crippen LogP contribution in [0.1, 0.15) is 16.2 Å². The summed E-state index contributed by atoms with van der Waals surface area (Å²) in [6.07, 6.45) is 1.54. The highest BCUT2D eigenvalue weighted by molar-refractivity contribution is 6.05. The van der Waals surface area contributed by atoms with Crippen molar-refractivity contribution in [2.24, 2.45) is 14.1 Å². The van der Waals surface area contributed by atoms with Crippen LogP contribution in [0, 0.1) is 0 Å². The van der Waals surface area contributed by atoms with E-state index in [-0.39, 0.29) is 29.2 Å². The van der Waals surface area contributed by atoms with E-state index in [4.69, 9.17) is 4.42 Å². The molecule has 0 bridgehead atoms. The van der Waals surface area contributed by atoms with Gasteiger partial charge < -0.3 is 4.42 Å². The molecule has 0 saturated carbocycles. The van der Waals surface area contributed by atoms with Gasteiger partial charge in [0.1, 0.15) is 17.1 Å². The fourth-order valence-electron chi connectivity index (χ4n) is 3.16. The van der Waals surface area contributed by atoms with Gasteiger partial charge in [-0.25, -0.2) is 9.78 Å². The molecule has 8 nitrogen and oxygen atoms in total. The molecule has 0 N–H and O–H groups in total. The van der Waals surface area contributed by atoms with E-state index in [0.717, 1.165) is 4.57 Å². The topological polar surface area (TPSA) is 90.3 Å². The number of furan rings is 1. The maximum absolute atomic E-state index is 13.3. The molecule has 8 heteroatoms. The molecule has 29 heavy (non-hydrogen) atoms. The number of benzene rings is 1. The Morgan fingerprint density at radius 1 is 1.00 bits per heavy atom. The number of fused-ring (bicyclic) bond motifs is 1. The summed E-state index contributed by atoms with van der Waals surface area (Å²) in [5, 5.41) is 0.267. The van der Waals surface area contributed by atoms with Crippen molar-refractivity contribution in [3.05, 3.63) is 93.2 Å². The number of carbonyl (C=O) groups excluding carboxylic acids is 1. The van der Waals surface area contributed by atoms with Crippen LogP contribution in [0.4, 0.5) is 5.69 Å². The Bertz CT molecular complexity index is 1300. The molecule has 0 aliphatic heterocycles. The zero-order valence-electron chi connectivity index (χ0n) is 15.9. The van der Waals surface area contributed by atoms with Crippen molar-refractivity contribution in [3.8, 4) is 0 Å². The summed E-state index contributed by atoms with van der Waals surface area (Å²) >= 11 is 0. The Labute approximate surface area is 165 Å². The first-order valence-corrected chi connectivity index (χ1v) is 8.93. The van der Waals surface area contributed by atoms with Gasteiger partial charge in [0.25, 0.3) is 11.5 Å². The number of amides is 1. The number of aromatic nitrogens is 3. The summed E-state index contributed by atoms with van der Waals surface area (Å²) < 4.78 is 7.67. The predicted octanol–water partition coefficient (Wildman–Crippen LogP) is 2.07. The van der Waals surface area contributed by atoms with Crippen LogP contribution >= 0.6 is 0 Å². The maximum Gasteiger partial charge on any atom is 0.332 e. The fraction of sp³-hybridized carbons (Fsp3) is 0.143. The minimum absolute atomic E-state index is 0.121. The zero-order valence-corrected chi connectivity index (χ0v) is 15.9. The van der Waals surface area contributed by atoms with Gasteiger partial charge in [-0.1, -0.05) is 18.2 Å². The zero-order chi connectivity index (χ0) is 20.5. The van der Waals surface area contributed by atoms with Gasteiger partial charge in [0, 0.05) is 19.8 Å². The minimum Gasteiger partial charge on any atom is -0.467 e. The fourth-order valence-corrected chi connectivity index (χ4v) is 3.16. The van der Waals surface area contributed by atoms with Crippen LogP contribution in [0.2, 0.25) is 0 Å². The number of pyridine rings is 1. The third-order valence-electron chi connectivity index (χ3n) is 4.73. The van der Waals surface area contributed by atoms with Crippen molar-refractivity contribution in [1.82, 2.24) is 14.1 Å². The summed E-state index contributed by atoms with van der Waals surface area (Å²) in [6, 6.07) is 15.7. The molecule has 0 aliphatic carbocycles. The van der Waals surface area contributed by atoms with Crippen molar-refractivity contribution in [3.63, 3.8) is 0 Å². The highest BCUT2D eigenvalue weighted by Crippen LogP contribution is 2.20. The minimum atomic E-state index is -0.505. The second kappa shape index (κ2) is 7.23. The molecular formula is C21H18N4O4. The normalized spacial score (nSPS) is 11.0. The highest BCUT2D eigenvalue weighted by Gasteiger charge is 2.22. The van der Waals surface area contributed by atoms with E-state index in [1.165, 1.54) is 35.7 Å². The Morgan fingerprint density at radius 2 is 1.76 bits per heavy atom. The lowest BCUT2D eigenvalue weighted by molar-refractivity contribution is 0.0978. The monoisotopic (exact) mass is 390 g/mol. The largest absolute Gasteiger partial charge is 0.467 e. The van der Waals surface area contributed by atoms with Crippen LogP contribution in [0.25, 0.3) is 11.0 Å². The lowest BCUT2D eigenvalue weighted by Gasteiger charge is -2.21. The van der Waals surface area contributed by atoms with Gasteiger partial charge in [-0.15, -0.1) is 0 Å². The van der Waals surface area contributed by atoms with Gasteiger partial charge in [0.2, 0.25) is 0 Å². The molecule has 146 valence electrons. The van der Waals surface area contributed by atoms with Crippen LogP contribution in [0.5, 0.6) is 0 Å². The lowest BCUT2D eigenvalue weighted by Crippen LogP contribution is -2.38. The summed E-state index contributed by atoms with van der Waals surface area (Å²) in [5.74, 6) is 0.242. The van der Waals surface area contributed by atoms with Crippen molar-refractivity contribution in [1.29, 1.82) is 0 Å². The van der Waals surface area contributed by atoms with Gasteiger partial charge in [0.15, 0.2) is 0 Å². The molecule has 3 heterocycles. The van der Waals surface area contributed by atoms with Crippen molar-refractivity contribution in [2.75, 3.05) is 4.90 Å². The highest BCUT2D eigenvalue weighted by atomic mass is 16.3. The Kier molecular flexibility index (Phi) is 4.59. The second-order valence-electron chi connectivity index (χ2n) is 6.58. The van der Waals surface area contributed by atoms with E-state index in [0.29, 0.717) is 11.4 Å². The smallest absolute Gasteiger partial charge is 0.332 e. The number of carbonyl (C=O) groups is 1. The van der Waals surface area contributed by atoms with Crippen LogP contribution in [0.3, 0.4) is 0 Å². The molecule has 4 aromatic rings. The second-order valence-corrected chi connectivity index (χ2v) is 6.58. The Balaban J connectivity index is 1.83. The van der Waals surface area contributed by atoms with Crippen molar-refractivity contribution in [2.45, 2.75) is 6.54 Å². The van der Waals surface area contributed by atoms with E-state index in [2.05, 4.69) is 4.98 Å². The molecule has 4 rings (SSSR count). The van der Waals surface area contributed by atoms with E-state index in [9.17, 15) is 14.4 Å². The lowest BCUT2D eigenvalue weighted by atomic mass is 10.2. The molecule has 0 radical (unpaired) electrons. The molecular weight excluding hydrogens is 372 g/mol. The molecule has 0 unspecified atom stereocenters. The predicted molar refractivity (Wildman–Crippen MR) is 108 cm³/mol. The molecule has 1 amide bonds. The first kappa shape index (κ1) is 18.4. The molecule has 0 atom stereocenters. The Hall–Kier alpha value is -3.94. The van der Waals surface area contributed by atoms with Crippen molar-refractivity contribution < 1.29 is 9.21 Å². The van der Waals surface area contributed by atoms with Gasteiger partial charge in [0.05, 0.1) is 18.2 Å². The number of aryl methyl sites for hydroxylation is 1. The van der Waals surface area contributed by atoms with Crippen LogP contribution in [-0.4, -0.2) is 20.0 Å². The molecule has 0 fully saturated rings. The number of para-hydroxylation sites is 1. The molecule has 3 aromatic heterocycles. The number of nitrogens with zero attached hydrogens (tertiary/aromatic N) is 4. The SMILES string of the molecule is Cn1c(=O)c2ccc(C(=O)N(Cc3ccco3)c3ccccc3)nc2n(C)c1=O. The van der Waals surface area contributed by atoms with Gasteiger partial charge >= 0.3 is 5.69 Å². The first-order valence-electron chi connectivity index (χ1n) is 8.93. The van der Waals surface area contributed by atoms with Gasteiger partial charge in [-0.05, 0) is 36.4 Å². The number of anilines is 1. The van der Waals surface area contributed by atoms with Gasteiger partial charge in [-0.3, -0.25) is 23.6 Å². The summed E-state index contributed by atoms with van der Waals surface area (Å²) in [5.41, 5.74) is -0.0000148. The standard InChI is InChI=1S/C21H18N4O4/c1-23-18-16(19(26)24(2)21(23)28)10-11-17(22-18)20(27)25(13-15-9-6-12-29-15)14-7-4-3-5-8-14/h3-12H,13H2,1-2H3. The van der Waals surface area contributed by atoms with Crippen LogP contribution in [0.15, 0.2) is 74.9 Å². The molecule has 0 saturated heterocycles. The molecule has 1 aromatic carbocycles.